The SMILES string of the molecule is O=C(CCc1nc2ccccc2[nH]1)NC1CC1. The van der Waals surface area contributed by atoms with E-state index in [0.29, 0.717) is 18.9 Å². The van der Waals surface area contributed by atoms with E-state index >= 15 is 0 Å². The molecule has 1 heterocycles. The number of carbonyl (C=O) groups excluding carboxylic acids is 1. The zero-order valence-corrected chi connectivity index (χ0v) is 9.57. The fourth-order valence-corrected chi connectivity index (χ4v) is 1.88. The molecule has 2 aromatic rings. The van der Waals surface area contributed by atoms with Gasteiger partial charge in [-0.1, -0.05) is 12.1 Å². The Kier molecular flexibility index (Phi) is 2.55. The molecule has 1 aliphatic carbocycles. The number of imidazole rings is 1. The lowest BCUT2D eigenvalue weighted by Crippen LogP contribution is -2.25. The Balaban J connectivity index is 1.61. The molecule has 0 saturated heterocycles. The number of rotatable bonds is 4. The van der Waals surface area contributed by atoms with Crippen LogP contribution >= 0.6 is 0 Å². The number of fused-ring (bicyclic) bond motifs is 1. The Bertz CT molecular complexity index is 509. The van der Waals surface area contributed by atoms with Crippen molar-refractivity contribution in [3.05, 3.63) is 30.1 Å². The van der Waals surface area contributed by atoms with Gasteiger partial charge in [-0.2, -0.15) is 0 Å². The number of amides is 1. The summed E-state index contributed by atoms with van der Waals surface area (Å²) in [6.45, 7) is 0. The molecule has 0 bridgehead atoms. The van der Waals surface area contributed by atoms with Gasteiger partial charge < -0.3 is 10.3 Å². The van der Waals surface area contributed by atoms with Crippen molar-refractivity contribution in [2.75, 3.05) is 0 Å². The van der Waals surface area contributed by atoms with Crippen molar-refractivity contribution in [1.82, 2.24) is 15.3 Å². The highest BCUT2D eigenvalue weighted by Gasteiger charge is 2.22. The Morgan fingerprint density at radius 3 is 3.00 bits per heavy atom. The number of aromatic amines is 1. The first-order valence-electron chi connectivity index (χ1n) is 6.04. The third-order valence-corrected chi connectivity index (χ3v) is 2.97. The molecule has 0 unspecified atom stereocenters. The minimum absolute atomic E-state index is 0.132. The number of hydrogen-bond acceptors (Lipinski definition) is 2. The molecule has 1 amide bonds. The Morgan fingerprint density at radius 2 is 2.24 bits per heavy atom. The maximum atomic E-state index is 11.5. The smallest absolute Gasteiger partial charge is 0.220 e. The predicted octanol–water partition coefficient (Wildman–Crippen LogP) is 1.77. The first-order chi connectivity index (χ1) is 8.31. The van der Waals surface area contributed by atoms with Gasteiger partial charge in [0.1, 0.15) is 5.82 Å². The van der Waals surface area contributed by atoms with Crippen molar-refractivity contribution >= 4 is 16.9 Å². The van der Waals surface area contributed by atoms with Gasteiger partial charge >= 0.3 is 0 Å². The molecule has 88 valence electrons. The van der Waals surface area contributed by atoms with E-state index in [1.165, 1.54) is 0 Å². The summed E-state index contributed by atoms with van der Waals surface area (Å²) in [4.78, 5) is 19.2. The van der Waals surface area contributed by atoms with Crippen molar-refractivity contribution in [2.45, 2.75) is 31.7 Å². The van der Waals surface area contributed by atoms with Gasteiger partial charge in [-0.05, 0) is 25.0 Å². The number of para-hydroxylation sites is 2. The molecule has 0 atom stereocenters. The highest BCUT2D eigenvalue weighted by Crippen LogP contribution is 2.18. The normalized spacial score (nSPS) is 15.1. The summed E-state index contributed by atoms with van der Waals surface area (Å²) in [6, 6.07) is 8.35. The minimum Gasteiger partial charge on any atom is -0.353 e. The van der Waals surface area contributed by atoms with Crippen molar-refractivity contribution in [1.29, 1.82) is 0 Å². The lowest BCUT2D eigenvalue weighted by atomic mass is 10.3. The highest BCUT2D eigenvalue weighted by atomic mass is 16.1. The summed E-state index contributed by atoms with van der Waals surface area (Å²) in [6.07, 6.45) is 3.45. The van der Waals surface area contributed by atoms with Crippen LogP contribution in [0.15, 0.2) is 24.3 Å². The summed E-state index contributed by atoms with van der Waals surface area (Å²) in [5.74, 6) is 1.02. The number of nitrogens with zero attached hydrogens (tertiary/aromatic N) is 1. The van der Waals surface area contributed by atoms with Crippen LogP contribution < -0.4 is 5.32 Å². The van der Waals surface area contributed by atoms with Crippen LogP contribution in [0.1, 0.15) is 25.1 Å². The van der Waals surface area contributed by atoms with Gasteiger partial charge in [0.05, 0.1) is 11.0 Å². The van der Waals surface area contributed by atoms with Gasteiger partial charge in [0.2, 0.25) is 5.91 Å². The van der Waals surface area contributed by atoms with Gasteiger partial charge in [-0.3, -0.25) is 4.79 Å². The number of hydrogen-bond donors (Lipinski definition) is 2. The molecule has 1 saturated carbocycles. The van der Waals surface area contributed by atoms with E-state index in [2.05, 4.69) is 15.3 Å². The third kappa shape index (κ3) is 2.46. The summed E-state index contributed by atoms with van der Waals surface area (Å²) >= 11 is 0. The van der Waals surface area contributed by atoms with Crippen molar-refractivity contribution in [3.8, 4) is 0 Å². The largest absolute Gasteiger partial charge is 0.353 e. The molecule has 0 aliphatic heterocycles. The molecule has 1 fully saturated rings. The van der Waals surface area contributed by atoms with Gasteiger partial charge in [0.15, 0.2) is 0 Å². The molecule has 1 aromatic heterocycles. The van der Waals surface area contributed by atoms with Gasteiger partial charge in [-0.25, -0.2) is 4.98 Å². The summed E-state index contributed by atoms with van der Waals surface area (Å²) in [5.41, 5.74) is 2.00. The van der Waals surface area contributed by atoms with Crippen LogP contribution in [0.4, 0.5) is 0 Å². The molecule has 4 heteroatoms. The number of H-pyrrole nitrogens is 1. The molecule has 1 aromatic carbocycles. The summed E-state index contributed by atoms with van der Waals surface area (Å²) in [7, 11) is 0. The minimum atomic E-state index is 0.132. The van der Waals surface area contributed by atoms with Crippen LogP contribution in [-0.4, -0.2) is 21.9 Å². The number of nitrogens with one attached hydrogen (secondary N) is 2. The van der Waals surface area contributed by atoms with Crippen molar-refractivity contribution in [2.24, 2.45) is 0 Å². The standard InChI is InChI=1S/C13H15N3O/c17-13(14-9-5-6-9)8-7-12-15-10-3-1-2-4-11(10)16-12/h1-4,9H,5-8H2,(H,14,17)(H,15,16). The van der Waals surface area contributed by atoms with Crippen LogP contribution in [0.3, 0.4) is 0 Å². The molecule has 0 radical (unpaired) electrons. The quantitative estimate of drug-likeness (QED) is 0.839. The average Bonchev–Trinajstić information content (AvgIpc) is 3.03. The van der Waals surface area contributed by atoms with E-state index in [1.54, 1.807) is 0 Å². The fourth-order valence-electron chi connectivity index (χ4n) is 1.88. The van der Waals surface area contributed by atoms with E-state index in [-0.39, 0.29) is 5.91 Å². The zero-order chi connectivity index (χ0) is 11.7. The maximum absolute atomic E-state index is 11.5. The van der Waals surface area contributed by atoms with Gasteiger partial charge in [0, 0.05) is 18.9 Å². The van der Waals surface area contributed by atoms with E-state index in [1.807, 2.05) is 24.3 Å². The fraction of sp³-hybridized carbons (Fsp3) is 0.385. The molecule has 2 N–H and O–H groups in total. The highest BCUT2D eigenvalue weighted by molar-refractivity contribution is 5.77. The maximum Gasteiger partial charge on any atom is 0.220 e. The second-order valence-electron chi connectivity index (χ2n) is 4.54. The predicted molar refractivity (Wildman–Crippen MR) is 65.6 cm³/mol. The Labute approximate surface area is 99.4 Å². The van der Waals surface area contributed by atoms with Crippen LogP contribution in [0.25, 0.3) is 11.0 Å². The lowest BCUT2D eigenvalue weighted by molar-refractivity contribution is -0.121. The summed E-state index contributed by atoms with van der Waals surface area (Å²) in [5, 5.41) is 2.98. The van der Waals surface area contributed by atoms with Crippen LogP contribution in [0, 0.1) is 0 Å². The zero-order valence-electron chi connectivity index (χ0n) is 9.57. The Hall–Kier alpha value is -1.84. The van der Waals surface area contributed by atoms with E-state index in [4.69, 9.17) is 0 Å². The second kappa shape index (κ2) is 4.20. The first kappa shape index (κ1) is 10.3. The van der Waals surface area contributed by atoms with Crippen molar-refractivity contribution < 1.29 is 4.79 Å². The molecule has 1 aliphatic rings. The third-order valence-electron chi connectivity index (χ3n) is 2.97. The van der Waals surface area contributed by atoms with Crippen LogP contribution in [0.5, 0.6) is 0 Å². The number of benzene rings is 1. The molecule has 0 spiro atoms. The number of aryl methyl sites for hydroxylation is 1. The van der Waals surface area contributed by atoms with Crippen molar-refractivity contribution in [3.63, 3.8) is 0 Å². The topological polar surface area (TPSA) is 57.8 Å². The van der Waals surface area contributed by atoms with Gasteiger partial charge in [0.25, 0.3) is 0 Å². The second-order valence-corrected chi connectivity index (χ2v) is 4.54. The molecule has 4 nitrogen and oxygen atoms in total. The van der Waals surface area contributed by atoms with Gasteiger partial charge in [-0.15, -0.1) is 0 Å². The molecular weight excluding hydrogens is 214 g/mol. The number of aromatic nitrogens is 2. The van der Waals surface area contributed by atoms with E-state index < -0.39 is 0 Å². The summed E-state index contributed by atoms with van der Waals surface area (Å²) < 4.78 is 0. The van der Waals surface area contributed by atoms with E-state index in [0.717, 1.165) is 29.7 Å². The average molecular weight is 229 g/mol. The lowest BCUT2D eigenvalue weighted by Gasteiger charge is -2.00. The molecular formula is C13H15N3O. The first-order valence-corrected chi connectivity index (χ1v) is 6.04. The number of carbonyl (C=O) groups is 1. The molecule has 3 rings (SSSR count). The molecule has 17 heavy (non-hydrogen) atoms. The van der Waals surface area contributed by atoms with E-state index in [9.17, 15) is 4.79 Å². The monoisotopic (exact) mass is 229 g/mol. The van der Waals surface area contributed by atoms with Crippen LogP contribution in [0.2, 0.25) is 0 Å². The Morgan fingerprint density at radius 1 is 1.41 bits per heavy atom. The van der Waals surface area contributed by atoms with Crippen LogP contribution in [-0.2, 0) is 11.2 Å².